The molecule has 0 saturated carbocycles. The molecule has 0 fully saturated rings. The quantitative estimate of drug-likeness (QED) is 0.0597. The zero-order valence-electron chi connectivity index (χ0n) is 27.5. The van der Waals surface area contributed by atoms with E-state index in [1.54, 1.807) is 0 Å². The van der Waals surface area contributed by atoms with E-state index in [4.69, 9.17) is 9.05 Å². The summed E-state index contributed by atoms with van der Waals surface area (Å²) >= 11 is 0. The van der Waals surface area contributed by atoms with E-state index in [1.807, 2.05) is 0 Å². The third-order valence-corrected chi connectivity index (χ3v) is 9.05. The van der Waals surface area contributed by atoms with Gasteiger partial charge in [-0.15, -0.1) is 0 Å². The first kappa shape index (κ1) is 40.1. The zero-order chi connectivity index (χ0) is 29.4. The molecule has 6 heteroatoms. The van der Waals surface area contributed by atoms with Crippen molar-refractivity contribution in [2.45, 2.75) is 188 Å². The second-order valence-corrected chi connectivity index (χ2v) is 13.6. The van der Waals surface area contributed by atoms with E-state index in [-0.39, 0.29) is 6.61 Å². The third-order valence-electron chi connectivity index (χ3n) is 8.03. The summed E-state index contributed by atoms with van der Waals surface area (Å²) in [6.45, 7) is 10.6. The van der Waals surface area contributed by atoms with Crippen LogP contribution < -0.4 is 0 Å². The molecule has 0 aliphatic heterocycles. The molecule has 242 valence electrons. The fourth-order valence-electron chi connectivity index (χ4n) is 5.37. The van der Waals surface area contributed by atoms with Gasteiger partial charge in [-0.25, -0.2) is 4.57 Å². The van der Waals surface area contributed by atoms with Gasteiger partial charge < -0.3 is 9.79 Å². The second-order valence-electron chi connectivity index (χ2n) is 12.1. The van der Waals surface area contributed by atoms with Gasteiger partial charge in [0.05, 0.1) is 13.2 Å². The van der Waals surface area contributed by atoms with Gasteiger partial charge in [0, 0.05) is 6.54 Å². The molecule has 40 heavy (non-hydrogen) atoms. The molecule has 0 aromatic carbocycles. The maximum absolute atomic E-state index is 12.2. The molecule has 0 aliphatic rings. The summed E-state index contributed by atoms with van der Waals surface area (Å²) in [4.78, 5) is 12.6. The van der Waals surface area contributed by atoms with Crippen molar-refractivity contribution in [3.8, 4) is 0 Å². The van der Waals surface area contributed by atoms with Crippen LogP contribution in [-0.2, 0) is 13.6 Å². The van der Waals surface area contributed by atoms with Gasteiger partial charge in [0.1, 0.15) is 0 Å². The van der Waals surface area contributed by atoms with Crippen molar-refractivity contribution in [1.29, 1.82) is 0 Å². The summed E-state index contributed by atoms with van der Waals surface area (Å²) in [5.41, 5.74) is 0. The Morgan fingerprint density at radius 2 is 0.700 bits per heavy atom. The molecule has 0 heterocycles. The van der Waals surface area contributed by atoms with Crippen LogP contribution in [0.1, 0.15) is 188 Å². The number of unbranched alkanes of at least 4 members (excludes halogenated alkanes) is 22. The van der Waals surface area contributed by atoms with E-state index >= 15 is 0 Å². The number of hydrogen-bond acceptors (Lipinski definition) is 4. The molecule has 0 amide bonds. The summed E-state index contributed by atoms with van der Waals surface area (Å²) in [5, 5.41) is 0. The maximum Gasteiger partial charge on any atom is 0.472 e. The Bertz CT molecular complexity index is 512. The largest absolute Gasteiger partial charge is 0.472 e. The van der Waals surface area contributed by atoms with Crippen LogP contribution >= 0.6 is 7.82 Å². The van der Waals surface area contributed by atoms with Gasteiger partial charge in [-0.2, -0.15) is 0 Å². The Morgan fingerprint density at radius 1 is 0.425 bits per heavy atom. The lowest BCUT2D eigenvalue weighted by Gasteiger charge is -2.22. The number of phosphoric ester groups is 1. The van der Waals surface area contributed by atoms with Crippen molar-refractivity contribution in [2.24, 2.45) is 0 Å². The average Bonchev–Trinajstić information content (AvgIpc) is 2.94. The standard InChI is InChI=1S/C34H72NO4P/c1-4-7-10-13-16-18-20-23-26-30-35(31-27-24-21-19-17-14-11-8-5-2)32-29-34-39-40(36,37)38-33-28-25-22-15-12-9-6-3/h4-34H2,1-3H3,(H,36,37). The lowest BCUT2D eigenvalue weighted by atomic mass is 10.1. The van der Waals surface area contributed by atoms with Crippen LogP contribution in [0, 0.1) is 0 Å². The summed E-state index contributed by atoms with van der Waals surface area (Å²) in [5.74, 6) is 0. The molecule has 0 radical (unpaired) electrons. The van der Waals surface area contributed by atoms with Crippen molar-refractivity contribution in [3.63, 3.8) is 0 Å². The van der Waals surface area contributed by atoms with Crippen LogP contribution in [0.25, 0.3) is 0 Å². The van der Waals surface area contributed by atoms with Crippen LogP contribution in [0.4, 0.5) is 0 Å². The van der Waals surface area contributed by atoms with E-state index < -0.39 is 7.82 Å². The van der Waals surface area contributed by atoms with Crippen molar-refractivity contribution < 1.29 is 18.5 Å². The summed E-state index contributed by atoms with van der Waals surface area (Å²) in [7, 11) is -3.93. The first-order valence-corrected chi connectivity index (χ1v) is 19.4. The lowest BCUT2D eigenvalue weighted by Crippen LogP contribution is -2.28. The molecular formula is C34H72NO4P. The Balaban J connectivity index is 4.11. The predicted octanol–water partition coefficient (Wildman–Crippen LogP) is 11.6. The Kier molecular flexibility index (Phi) is 32.0. The fourth-order valence-corrected chi connectivity index (χ4v) is 6.17. The third kappa shape index (κ3) is 31.0. The molecule has 0 saturated heterocycles. The molecule has 0 bridgehead atoms. The second kappa shape index (κ2) is 32.0. The van der Waals surface area contributed by atoms with Crippen LogP contribution in [0.15, 0.2) is 0 Å². The number of hydrogen-bond donors (Lipinski definition) is 1. The summed E-state index contributed by atoms with van der Waals surface area (Å²) in [6.07, 6.45) is 33.3. The number of nitrogens with zero attached hydrogens (tertiary/aromatic N) is 1. The molecule has 0 aliphatic carbocycles. The predicted molar refractivity (Wildman–Crippen MR) is 175 cm³/mol. The van der Waals surface area contributed by atoms with Gasteiger partial charge in [-0.3, -0.25) is 9.05 Å². The van der Waals surface area contributed by atoms with E-state index in [9.17, 15) is 9.46 Å². The average molecular weight is 590 g/mol. The molecular weight excluding hydrogens is 517 g/mol. The molecule has 5 nitrogen and oxygen atoms in total. The highest BCUT2D eigenvalue weighted by Crippen LogP contribution is 2.43. The summed E-state index contributed by atoms with van der Waals surface area (Å²) < 4.78 is 22.7. The van der Waals surface area contributed by atoms with Gasteiger partial charge in [-0.05, 0) is 38.8 Å². The van der Waals surface area contributed by atoms with Gasteiger partial charge in [0.15, 0.2) is 0 Å². The van der Waals surface area contributed by atoms with Crippen molar-refractivity contribution in [1.82, 2.24) is 4.90 Å². The van der Waals surface area contributed by atoms with Crippen molar-refractivity contribution >= 4 is 7.82 Å². The molecule has 1 atom stereocenters. The SMILES string of the molecule is CCCCCCCCCCCN(CCCCCCCCCCC)CCCOP(=O)(O)OCCCCCCCCC. The van der Waals surface area contributed by atoms with Gasteiger partial charge in [0.2, 0.25) is 0 Å². The lowest BCUT2D eigenvalue weighted by molar-refractivity contribution is 0.139. The van der Waals surface area contributed by atoms with E-state index in [1.165, 1.54) is 148 Å². The topological polar surface area (TPSA) is 59.0 Å². The molecule has 0 aromatic heterocycles. The highest BCUT2D eigenvalue weighted by molar-refractivity contribution is 7.47. The van der Waals surface area contributed by atoms with E-state index in [2.05, 4.69) is 25.7 Å². The molecule has 0 rings (SSSR count). The highest BCUT2D eigenvalue weighted by Gasteiger charge is 2.20. The van der Waals surface area contributed by atoms with Gasteiger partial charge in [-0.1, -0.05) is 162 Å². The van der Waals surface area contributed by atoms with Crippen LogP contribution in [0.3, 0.4) is 0 Å². The van der Waals surface area contributed by atoms with E-state index in [0.29, 0.717) is 6.61 Å². The zero-order valence-corrected chi connectivity index (χ0v) is 28.4. The smallest absolute Gasteiger partial charge is 0.303 e. The van der Waals surface area contributed by atoms with Crippen molar-refractivity contribution in [2.75, 3.05) is 32.8 Å². The number of rotatable bonds is 34. The first-order valence-electron chi connectivity index (χ1n) is 17.9. The Hall–Kier alpha value is 0.0700. The highest BCUT2D eigenvalue weighted by atomic mass is 31.2. The molecule has 1 unspecified atom stereocenters. The maximum atomic E-state index is 12.2. The molecule has 0 aromatic rings. The molecule has 1 N–H and O–H groups in total. The monoisotopic (exact) mass is 590 g/mol. The summed E-state index contributed by atoms with van der Waals surface area (Å²) in [6, 6.07) is 0. The van der Waals surface area contributed by atoms with Crippen LogP contribution in [-0.4, -0.2) is 42.6 Å². The molecule has 0 spiro atoms. The normalized spacial score (nSPS) is 13.3. The van der Waals surface area contributed by atoms with E-state index in [0.717, 1.165) is 38.9 Å². The van der Waals surface area contributed by atoms with Crippen LogP contribution in [0.2, 0.25) is 0 Å². The minimum Gasteiger partial charge on any atom is -0.303 e. The van der Waals surface area contributed by atoms with Gasteiger partial charge >= 0.3 is 7.82 Å². The first-order chi connectivity index (χ1) is 19.6. The minimum atomic E-state index is -3.93. The Labute approximate surface area is 251 Å². The van der Waals surface area contributed by atoms with Crippen LogP contribution in [0.5, 0.6) is 0 Å². The van der Waals surface area contributed by atoms with Gasteiger partial charge in [0.25, 0.3) is 0 Å². The minimum absolute atomic E-state index is 0.289. The fraction of sp³-hybridized carbons (Fsp3) is 1.00. The Morgan fingerprint density at radius 3 is 1.07 bits per heavy atom. The number of phosphoric acid groups is 1. The van der Waals surface area contributed by atoms with Crippen molar-refractivity contribution in [3.05, 3.63) is 0 Å².